The van der Waals surface area contributed by atoms with Crippen molar-refractivity contribution in [2.75, 3.05) is 0 Å². The molecular weight excluding hydrogens is 735 g/mol. The average molecular weight is 770 g/mol. The third-order valence-electron chi connectivity index (χ3n) is 11.2. The highest BCUT2D eigenvalue weighted by Crippen LogP contribution is 2.44. The highest BCUT2D eigenvalue weighted by molar-refractivity contribution is 7.26. The van der Waals surface area contributed by atoms with Gasteiger partial charge in [0.15, 0.2) is 17.5 Å². The zero-order valence-corrected chi connectivity index (χ0v) is 32.8. The van der Waals surface area contributed by atoms with Crippen LogP contribution in [0.1, 0.15) is 0 Å². The highest BCUT2D eigenvalue weighted by atomic mass is 32.1. The lowest BCUT2D eigenvalue weighted by atomic mass is 9.97. The van der Waals surface area contributed by atoms with Crippen molar-refractivity contribution < 1.29 is 0 Å². The van der Waals surface area contributed by atoms with Gasteiger partial charge in [-0.25, -0.2) is 15.0 Å². The molecule has 276 valence electrons. The largest absolute Gasteiger partial charge is 0.208 e. The van der Waals surface area contributed by atoms with Crippen molar-refractivity contribution in [3.63, 3.8) is 0 Å². The van der Waals surface area contributed by atoms with Gasteiger partial charge in [0.25, 0.3) is 0 Å². The first-order valence-electron chi connectivity index (χ1n) is 19.8. The Hall–Kier alpha value is -7.53. The van der Waals surface area contributed by atoms with E-state index >= 15 is 0 Å². The van der Waals surface area contributed by atoms with E-state index in [4.69, 9.17) is 15.0 Å². The molecule has 0 radical (unpaired) electrons. The smallest absolute Gasteiger partial charge is 0.164 e. The molecule has 0 bridgehead atoms. The van der Waals surface area contributed by atoms with Crippen LogP contribution in [0.15, 0.2) is 212 Å². The van der Waals surface area contributed by atoms with Crippen molar-refractivity contribution in [2.24, 2.45) is 0 Å². The number of fused-ring (bicyclic) bond motifs is 4. The maximum Gasteiger partial charge on any atom is 0.164 e. The van der Waals surface area contributed by atoms with E-state index in [-0.39, 0.29) is 0 Å². The maximum absolute atomic E-state index is 5.26. The van der Waals surface area contributed by atoms with Crippen LogP contribution in [0.5, 0.6) is 0 Å². The lowest BCUT2D eigenvalue weighted by Gasteiger charge is -2.11. The summed E-state index contributed by atoms with van der Waals surface area (Å²) < 4.78 is 2.44. The average Bonchev–Trinajstić information content (AvgIpc) is 3.71. The summed E-state index contributed by atoms with van der Waals surface area (Å²) in [5.41, 5.74) is 12.3. The van der Waals surface area contributed by atoms with E-state index in [2.05, 4.69) is 206 Å². The lowest BCUT2D eigenvalue weighted by Crippen LogP contribution is -2.00. The van der Waals surface area contributed by atoms with Gasteiger partial charge in [0.2, 0.25) is 0 Å². The van der Waals surface area contributed by atoms with Crippen molar-refractivity contribution in [1.29, 1.82) is 0 Å². The summed E-state index contributed by atoms with van der Waals surface area (Å²) in [6.45, 7) is 0. The second-order valence-corrected chi connectivity index (χ2v) is 15.8. The van der Waals surface area contributed by atoms with Gasteiger partial charge in [-0.05, 0) is 67.4 Å². The molecule has 0 saturated carbocycles. The zero-order chi connectivity index (χ0) is 39.1. The molecule has 9 aromatic carbocycles. The van der Waals surface area contributed by atoms with E-state index in [1.165, 1.54) is 58.9 Å². The van der Waals surface area contributed by atoms with Gasteiger partial charge in [0.1, 0.15) is 0 Å². The van der Waals surface area contributed by atoms with Crippen molar-refractivity contribution in [3.05, 3.63) is 212 Å². The summed E-state index contributed by atoms with van der Waals surface area (Å²) in [6, 6.07) is 75.2. The predicted octanol–water partition coefficient (Wildman–Crippen LogP) is 15.1. The van der Waals surface area contributed by atoms with Crippen molar-refractivity contribution in [3.8, 4) is 78.7 Å². The molecule has 0 saturated heterocycles. The summed E-state index contributed by atoms with van der Waals surface area (Å²) in [4.78, 5) is 15.7. The van der Waals surface area contributed by atoms with Gasteiger partial charge in [0, 0.05) is 36.9 Å². The van der Waals surface area contributed by atoms with Crippen molar-refractivity contribution >= 4 is 42.3 Å². The molecule has 0 aliphatic rings. The fraction of sp³-hybridized carbons (Fsp3) is 0. The minimum Gasteiger partial charge on any atom is -0.208 e. The molecule has 0 N–H and O–H groups in total. The van der Waals surface area contributed by atoms with Crippen LogP contribution < -0.4 is 0 Å². The number of nitrogens with zero attached hydrogens (tertiary/aromatic N) is 3. The first-order chi connectivity index (χ1) is 29.2. The standard InChI is InChI=1S/C55H35N3S/c1-3-13-36(14-4-1)38-27-31-41(32-28-38)53-56-54(42-33-29-40(30-34-42)46-22-10-18-39-17-7-8-21-45(39)46)58-55(57-53)49-25-12-26-50-51(49)48-24-11-23-47(52(48)59-50)44-20-9-19-43(35-44)37-15-5-2-6-16-37/h1-35H. The Labute approximate surface area is 346 Å². The zero-order valence-electron chi connectivity index (χ0n) is 32.0. The van der Waals surface area contributed by atoms with Crippen LogP contribution >= 0.6 is 11.3 Å². The Kier molecular flexibility index (Phi) is 8.68. The molecular formula is C55H35N3S. The number of hydrogen-bond acceptors (Lipinski definition) is 4. The van der Waals surface area contributed by atoms with Crippen LogP contribution in [-0.4, -0.2) is 15.0 Å². The second-order valence-electron chi connectivity index (χ2n) is 14.8. The van der Waals surface area contributed by atoms with Gasteiger partial charge in [-0.2, -0.15) is 0 Å². The van der Waals surface area contributed by atoms with Crippen LogP contribution in [-0.2, 0) is 0 Å². The molecule has 4 heteroatoms. The molecule has 0 atom stereocenters. The SMILES string of the molecule is c1ccc(-c2ccc(-c3nc(-c4ccc(-c5cccc6ccccc56)cc4)nc(-c4cccc5sc6c(-c7cccc(-c8ccccc8)c7)cccc6c45)n3)cc2)cc1. The maximum atomic E-state index is 5.26. The molecule has 0 aliphatic heterocycles. The topological polar surface area (TPSA) is 38.7 Å². The molecule has 59 heavy (non-hydrogen) atoms. The fourth-order valence-corrected chi connectivity index (χ4v) is 9.50. The second kappa shape index (κ2) is 14.8. The van der Waals surface area contributed by atoms with Gasteiger partial charge in [-0.3, -0.25) is 0 Å². The third-order valence-corrected chi connectivity index (χ3v) is 12.4. The van der Waals surface area contributed by atoms with Crippen molar-refractivity contribution in [1.82, 2.24) is 15.0 Å². The summed E-state index contributed by atoms with van der Waals surface area (Å²) in [5, 5.41) is 4.80. The Morgan fingerprint density at radius 3 is 1.51 bits per heavy atom. The number of aromatic nitrogens is 3. The minimum atomic E-state index is 0.636. The van der Waals surface area contributed by atoms with E-state index in [0.717, 1.165) is 33.2 Å². The van der Waals surface area contributed by atoms with Gasteiger partial charge in [-0.15, -0.1) is 11.3 Å². The summed E-state index contributed by atoms with van der Waals surface area (Å²) in [7, 11) is 0. The molecule has 0 spiro atoms. The van der Waals surface area contributed by atoms with Crippen molar-refractivity contribution in [2.45, 2.75) is 0 Å². The molecule has 0 aliphatic carbocycles. The van der Waals surface area contributed by atoms with E-state index in [0.29, 0.717) is 17.5 Å². The molecule has 3 nitrogen and oxygen atoms in total. The van der Waals surface area contributed by atoms with Crippen LogP contribution in [0.2, 0.25) is 0 Å². The molecule has 0 unspecified atom stereocenters. The van der Waals surface area contributed by atoms with E-state index in [1.54, 1.807) is 0 Å². The predicted molar refractivity (Wildman–Crippen MR) is 248 cm³/mol. The van der Waals surface area contributed by atoms with Gasteiger partial charge in [-0.1, -0.05) is 200 Å². The molecule has 2 aromatic heterocycles. The monoisotopic (exact) mass is 769 g/mol. The summed E-state index contributed by atoms with van der Waals surface area (Å²) in [6.07, 6.45) is 0. The lowest BCUT2D eigenvalue weighted by molar-refractivity contribution is 1.08. The Morgan fingerprint density at radius 1 is 0.288 bits per heavy atom. The molecule has 2 heterocycles. The van der Waals surface area contributed by atoms with Gasteiger partial charge in [0.05, 0.1) is 0 Å². The molecule has 11 aromatic rings. The Bertz CT molecular complexity index is 3290. The fourth-order valence-electron chi connectivity index (χ4n) is 8.23. The summed E-state index contributed by atoms with van der Waals surface area (Å²) in [5.74, 6) is 1.92. The number of hydrogen-bond donors (Lipinski definition) is 0. The third kappa shape index (κ3) is 6.46. The van der Waals surface area contributed by atoms with E-state index in [9.17, 15) is 0 Å². The minimum absolute atomic E-state index is 0.636. The first-order valence-corrected chi connectivity index (χ1v) is 20.7. The quantitative estimate of drug-likeness (QED) is 0.162. The Balaban J connectivity index is 1.06. The Morgan fingerprint density at radius 2 is 0.763 bits per heavy atom. The first kappa shape index (κ1) is 34.7. The molecule has 11 rings (SSSR count). The van der Waals surface area contributed by atoms with Crippen LogP contribution in [0.3, 0.4) is 0 Å². The molecule has 0 fully saturated rings. The normalized spacial score (nSPS) is 11.4. The van der Waals surface area contributed by atoms with Gasteiger partial charge < -0.3 is 0 Å². The number of benzene rings is 9. The summed E-state index contributed by atoms with van der Waals surface area (Å²) >= 11 is 1.82. The van der Waals surface area contributed by atoms with E-state index < -0.39 is 0 Å². The number of rotatable bonds is 7. The highest BCUT2D eigenvalue weighted by Gasteiger charge is 2.19. The number of thiophene rings is 1. The van der Waals surface area contributed by atoms with Gasteiger partial charge >= 0.3 is 0 Å². The van der Waals surface area contributed by atoms with Crippen LogP contribution in [0.4, 0.5) is 0 Å². The molecule has 0 amide bonds. The van der Waals surface area contributed by atoms with E-state index in [1.807, 2.05) is 17.4 Å². The van der Waals surface area contributed by atoms with Crippen LogP contribution in [0, 0.1) is 0 Å². The van der Waals surface area contributed by atoms with Crippen LogP contribution in [0.25, 0.3) is 110 Å².